The summed E-state index contributed by atoms with van der Waals surface area (Å²) in [4.78, 5) is 0. The molecule has 1 aromatic heterocycles. The summed E-state index contributed by atoms with van der Waals surface area (Å²) in [5.41, 5.74) is 3.50. The number of rotatable bonds is 5. The van der Waals surface area contributed by atoms with Crippen LogP contribution in [-0.4, -0.2) is 22.4 Å². The number of halogens is 3. The van der Waals surface area contributed by atoms with Crippen molar-refractivity contribution in [3.63, 3.8) is 0 Å². The van der Waals surface area contributed by atoms with Gasteiger partial charge >= 0.3 is 5.51 Å². The lowest BCUT2D eigenvalue weighted by molar-refractivity contribution is -0.0328. The Morgan fingerprint density at radius 3 is 2.68 bits per heavy atom. The number of thioether (sulfide) groups is 1. The maximum atomic E-state index is 12.1. The van der Waals surface area contributed by atoms with Crippen LogP contribution in [0.4, 0.5) is 13.2 Å². The Hall–Kier alpha value is -1.14. The third-order valence-electron chi connectivity index (χ3n) is 2.92. The molecule has 0 aliphatic heterocycles. The molecule has 0 saturated heterocycles. The number of nitrogens with two attached hydrogens (primary N) is 1. The van der Waals surface area contributed by atoms with Crippen LogP contribution in [0, 0.1) is 0 Å². The van der Waals surface area contributed by atoms with Gasteiger partial charge in [0.1, 0.15) is 0 Å². The average molecular weight is 288 g/mol. The van der Waals surface area contributed by atoms with Crippen molar-refractivity contribution in [2.75, 3.05) is 12.3 Å². The number of hydrogen-bond donors (Lipinski definition) is 1. The van der Waals surface area contributed by atoms with E-state index in [9.17, 15) is 13.2 Å². The topological polar surface area (TPSA) is 30.9 Å². The summed E-state index contributed by atoms with van der Waals surface area (Å²) in [6.07, 6.45) is 2.61. The Morgan fingerprint density at radius 2 is 2.00 bits per heavy atom. The highest BCUT2D eigenvalue weighted by Gasteiger charge is 2.27. The smallest absolute Gasteiger partial charge is 0.347 e. The van der Waals surface area contributed by atoms with Gasteiger partial charge in [0, 0.05) is 29.4 Å². The number of aryl methyl sites for hydroxylation is 1. The molecular formula is C13H15F3N2S. The Balaban J connectivity index is 2.14. The van der Waals surface area contributed by atoms with Gasteiger partial charge in [-0.1, -0.05) is 12.1 Å². The van der Waals surface area contributed by atoms with Crippen LogP contribution in [0.2, 0.25) is 0 Å². The van der Waals surface area contributed by atoms with E-state index in [4.69, 9.17) is 5.73 Å². The van der Waals surface area contributed by atoms with Gasteiger partial charge < -0.3 is 10.3 Å². The van der Waals surface area contributed by atoms with Crippen molar-refractivity contribution in [1.82, 2.24) is 4.57 Å². The molecule has 1 aromatic carbocycles. The maximum Gasteiger partial charge on any atom is 0.441 e. The second-order valence-electron chi connectivity index (χ2n) is 4.19. The summed E-state index contributed by atoms with van der Waals surface area (Å²) >= 11 is 0.0140. The van der Waals surface area contributed by atoms with Crippen molar-refractivity contribution in [3.8, 4) is 0 Å². The summed E-state index contributed by atoms with van der Waals surface area (Å²) in [5, 5.41) is 1.07. The second kappa shape index (κ2) is 5.88. The first kappa shape index (κ1) is 14.3. The summed E-state index contributed by atoms with van der Waals surface area (Å²) in [6.45, 7) is 0.911. The van der Waals surface area contributed by atoms with Crippen LogP contribution in [0.15, 0.2) is 30.5 Å². The molecule has 2 rings (SSSR count). The van der Waals surface area contributed by atoms with Crippen molar-refractivity contribution in [2.24, 2.45) is 5.73 Å². The van der Waals surface area contributed by atoms with Crippen molar-refractivity contribution >= 4 is 22.7 Å². The minimum absolute atomic E-state index is 0.0140. The van der Waals surface area contributed by atoms with E-state index in [1.165, 1.54) is 0 Å². The highest BCUT2D eigenvalue weighted by molar-refractivity contribution is 8.00. The fraction of sp³-hybridized carbons (Fsp3) is 0.385. The summed E-state index contributed by atoms with van der Waals surface area (Å²) in [6, 6.07) is 7.79. The normalized spacial score (nSPS) is 12.2. The van der Waals surface area contributed by atoms with Gasteiger partial charge in [0.25, 0.3) is 0 Å². The molecule has 0 fully saturated rings. The fourth-order valence-corrected chi connectivity index (χ4v) is 2.63. The molecule has 0 amide bonds. The molecule has 0 aliphatic rings. The molecule has 0 bridgehead atoms. The molecule has 0 saturated carbocycles. The highest BCUT2D eigenvalue weighted by atomic mass is 32.2. The Labute approximate surface area is 113 Å². The lowest BCUT2D eigenvalue weighted by Gasteiger charge is -2.08. The van der Waals surface area contributed by atoms with Gasteiger partial charge in [0.2, 0.25) is 0 Å². The zero-order valence-corrected chi connectivity index (χ0v) is 11.1. The van der Waals surface area contributed by atoms with Gasteiger partial charge in [0.05, 0.1) is 0 Å². The Kier molecular flexibility index (Phi) is 4.42. The number of alkyl halides is 3. The molecule has 0 atom stereocenters. The molecule has 2 nitrogen and oxygen atoms in total. The highest BCUT2D eigenvalue weighted by Crippen LogP contribution is 2.30. The Bertz CT molecular complexity index is 548. The van der Waals surface area contributed by atoms with E-state index in [-0.39, 0.29) is 17.5 Å². The number of benzene rings is 1. The molecular weight excluding hydrogens is 273 g/mol. The van der Waals surface area contributed by atoms with Crippen molar-refractivity contribution in [1.29, 1.82) is 0 Å². The van der Waals surface area contributed by atoms with Crippen molar-refractivity contribution in [2.45, 2.75) is 18.5 Å². The van der Waals surface area contributed by atoms with E-state index in [1.54, 1.807) is 0 Å². The monoisotopic (exact) mass is 288 g/mol. The SMILES string of the molecule is NCCc1cccc2c1ccn2CCSC(F)(F)F. The van der Waals surface area contributed by atoms with Gasteiger partial charge in [-0.15, -0.1) is 0 Å². The van der Waals surface area contributed by atoms with E-state index in [1.807, 2.05) is 35.0 Å². The fourth-order valence-electron chi connectivity index (χ4n) is 2.12. The van der Waals surface area contributed by atoms with Gasteiger partial charge in [-0.3, -0.25) is 0 Å². The molecule has 0 spiro atoms. The third kappa shape index (κ3) is 3.67. The quantitative estimate of drug-likeness (QED) is 0.914. The summed E-state index contributed by atoms with van der Waals surface area (Å²) in [5.74, 6) is 0.0222. The van der Waals surface area contributed by atoms with E-state index in [0.717, 1.165) is 22.9 Å². The molecule has 1 heterocycles. The van der Waals surface area contributed by atoms with Crippen molar-refractivity contribution < 1.29 is 13.2 Å². The molecule has 0 radical (unpaired) electrons. The van der Waals surface area contributed by atoms with Crippen LogP contribution in [0.3, 0.4) is 0 Å². The van der Waals surface area contributed by atoms with Crippen LogP contribution in [0.25, 0.3) is 10.9 Å². The lowest BCUT2D eigenvalue weighted by atomic mass is 10.1. The number of fused-ring (bicyclic) bond motifs is 1. The van der Waals surface area contributed by atoms with Crippen molar-refractivity contribution in [3.05, 3.63) is 36.0 Å². The average Bonchev–Trinajstić information content (AvgIpc) is 2.73. The van der Waals surface area contributed by atoms with E-state index in [2.05, 4.69) is 0 Å². The van der Waals surface area contributed by atoms with Gasteiger partial charge in [-0.2, -0.15) is 13.2 Å². The van der Waals surface area contributed by atoms with Gasteiger partial charge in [-0.05, 0) is 42.4 Å². The molecule has 2 N–H and O–H groups in total. The first-order chi connectivity index (χ1) is 9.01. The molecule has 0 unspecified atom stereocenters. The van der Waals surface area contributed by atoms with Crippen LogP contribution < -0.4 is 5.73 Å². The molecule has 104 valence electrons. The minimum Gasteiger partial charge on any atom is -0.347 e. The first-order valence-corrected chi connectivity index (χ1v) is 6.97. The van der Waals surface area contributed by atoms with Crippen LogP contribution >= 0.6 is 11.8 Å². The summed E-state index contributed by atoms with van der Waals surface area (Å²) < 4.78 is 38.2. The summed E-state index contributed by atoms with van der Waals surface area (Å²) in [7, 11) is 0. The number of aromatic nitrogens is 1. The van der Waals surface area contributed by atoms with Gasteiger partial charge in [0.15, 0.2) is 0 Å². The molecule has 6 heteroatoms. The zero-order chi connectivity index (χ0) is 13.9. The predicted octanol–water partition coefficient (Wildman–Crippen LogP) is 3.40. The Morgan fingerprint density at radius 1 is 1.21 bits per heavy atom. The van der Waals surface area contributed by atoms with Crippen LogP contribution in [0.5, 0.6) is 0 Å². The van der Waals surface area contributed by atoms with Crippen LogP contribution in [-0.2, 0) is 13.0 Å². The third-order valence-corrected chi connectivity index (χ3v) is 3.63. The number of hydrogen-bond acceptors (Lipinski definition) is 2. The second-order valence-corrected chi connectivity index (χ2v) is 5.35. The van der Waals surface area contributed by atoms with E-state index in [0.29, 0.717) is 13.1 Å². The molecule has 2 aromatic rings. The van der Waals surface area contributed by atoms with E-state index < -0.39 is 5.51 Å². The zero-order valence-electron chi connectivity index (χ0n) is 10.3. The standard InChI is InChI=1S/C13H15F3N2S/c14-13(15,16)19-9-8-18-7-5-11-10(4-6-17)2-1-3-12(11)18/h1-3,5,7H,4,6,8-9,17H2. The number of nitrogens with zero attached hydrogens (tertiary/aromatic N) is 1. The molecule has 0 aliphatic carbocycles. The minimum atomic E-state index is -4.16. The first-order valence-electron chi connectivity index (χ1n) is 5.99. The lowest BCUT2D eigenvalue weighted by Crippen LogP contribution is -2.06. The van der Waals surface area contributed by atoms with Gasteiger partial charge in [-0.25, -0.2) is 0 Å². The van der Waals surface area contributed by atoms with E-state index >= 15 is 0 Å². The van der Waals surface area contributed by atoms with Crippen LogP contribution in [0.1, 0.15) is 5.56 Å². The maximum absolute atomic E-state index is 12.1. The molecule has 19 heavy (non-hydrogen) atoms. The predicted molar refractivity (Wildman–Crippen MR) is 73.2 cm³/mol. The largest absolute Gasteiger partial charge is 0.441 e.